The lowest BCUT2D eigenvalue weighted by Crippen LogP contribution is -2.23. The van der Waals surface area contributed by atoms with Crippen LogP contribution in [-0.4, -0.2) is 17.0 Å². The van der Waals surface area contributed by atoms with E-state index < -0.39 is 11.9 Å². The normalized spacial score (nSPS) is 12.4. The van der Waals surface area contributed by atoms with E-state index in [0.717, 1.165) is 5.39 Å². The van der Waals surface area contributed by atoms with Crippen LogP contribution in [0.15, 0.2) is 64.6 Å². The zero-order chi connectivity index (χ0) is 16.7. The summed E-state index contributed by atoms with van der Waals surface area (Å²) in [6, 6.07) is 14.8. The van der Waals surface area contributed by atoms with Gasteiger partial charge in [0.25, 0.3) is 5.91 Å². The Bertz CT molecular complexity index is 1140. The van der Waals surface area contributed by atoms with Crippen molar-refractivity contribution in [3.05, 3.63) is 70.9 Å². The maximum absolute atomic E-state index is 12.6. The van der Waals surface area contributed by atoms with Gasteiger partial charge in [0, 0.05) is 5.69 Å². The summed E-state index contributed by atoms with van der Waals surface area (Å²) in [6.07, 6.45) is 0. The minimum absolute atomic E-state index is 0.0952. The molecule has 24 heavy (non-hydrogen) atoms. The third-order valence-corrected chi connectivity index (χ3v) is 3.80. The van der Waals surface area contributed by atoms with Crippen molar-refractivity contribution in [2.24, 2.45) is 9.98 Å². The molecule has 1 heterocycles. The van der Waals surface area contributed by atoms with Gasteiger partial charge in [-0.15, -0.1) is 0 Å². The minimum atomic E-state index is -0.555. The Labute approximate surface area is 135 Å². The van der Waals surface area contributed by atoms with E-state index in [2.05, 4.69) is 15.3 Å². The Hall–Kier alpha value is -3.54. The molecule has 0 bridgehead atoms. The molecule has 4 rings (SSSR count). The number of nitrogens with one attached hydrogen (secondary N) is 1. The van der Waals surface area contributed by atoms with Gasteiger partial charge in [0.15, 0.2) is 0 Å². The van der Waals surface area contributed by atoms with Crippen molar-refractivity contribution < 1.29 is 14.7 Å². The molecule has 0 saturated heterocycles. The van der Waals surface area contributed by atoms with E-state index in [1.54, 1.807) is 36.4 Å². The molecule has 6 nitrogen and oxygen atoms in total. The number of urea groups is 1. The fraction of sp³-hybridized carbons (Fsp3) is 0. The largest absolute Gasteiger partial charge is 0.507 e. The van der Waals surface area contributed by atoms with Gasteiger partial charge in [-0.25, -0.2) is 4.79 Å². The predicted octanol–water partition coefficient (Wildman–Crippen LogP) is 2.17. The van der Waals surface area contributed by atoms with Gasteiger partial charge in [0.2, 0.25) is 0 Å². The number of hydrogen-bond donors (Lipinski definition) is 2. The summed E-state index contributed by atoms with van der Waals surface area (Å²) in [5.41, 5.74) is 0.672. The topological polar surface area (TPSA) is 91.1 Å². The first kappa shape index (κ1) is 14.1. The number of aromatic hydroxyl groups is 1. The van der Waals surface area contributed by atoms with Crippen LogP contribution in [0.1, 0.15) is 10.4 Å². The molecule has 0 fully saturated rings. The van der Waals surface area contributed by atoms with Gasteiger partial charge >= 0.3 is 6.03 Å². The van der Waals surface area contributed by atoms with Crippen molar-refractivity contribution in [3.63, 3.8) is 0 Å². The molecule has 0 saturated carbocycles. The molecule has 2 N–H and O–H groups in total. The van der Waals surface area contributed by atoms with Crippen molar-refractivity contribution in [1.29, 1.82) is 0 Å². The third-order valence-electron chi connectivity index (χ3n) is 3.80. The number of anilines is 1. The summed E-state index contributed by atoms with van der Waals surface area (Å²) in [7, 11) is 0. The van der Waals surface area contributed by atoms with Crippen LogP contribution in [0.5, 0.6) is 5.75 Å². The van der Waals surface area contributed by atoms with E-state index >= 15 is 0 Å². The summed E-state index contributed by atoms with van der Waals surface area (Å²) >= 11 is 0. The molecule has 0 aliphatic carbocycles. The summed E-state index contributed by atoms with van der Waals surface area (Å²) < 4.78 is 0. The van der Waals surface area contributed by atoms with Crippen LogP contribution >= 0.6 is 0 Å². The van der Waals surface area contributed by atoms with Gasteiger partial charge in [-0.1, -0.05) is 30.3 Å². The van der Waals surface area contributed by atoms with Gasteiger partial charge < -0.3 is 10.4 Å². The molecule has 3 aromatic rings. The van der Waals surface area contributed by atoms with Crippen LogP contribution in [0, 0.1) is 0 Å². The number of fused-ring (bicyclic) bond motifs is 2. The number of phenolic OH excluding ortho intramolecular Hbond substituents is 1. The number of amides is 3. The van der Waals surface area contributed by atoms with Gasteiger partial charge in [-0.3, -0.25) is 4.79 Å². The Morgan fingerprint density at radius 1 is 0.958 bits per heavy atom. The highest BCUT2D eigenvalue weighted by atomic mass is 16.3. The minimum Gasteiger partial charge on any atom is -0.507 e. The highest BCUT2D eigenvalue weighted by Crippen LogP contribution is 2.27. The molecule has 3 aromatic carbocycles. The number of rotatable bonds is 2. The second-order valence-electron chi connectivity index (χ2n) is 5.34. The molecule has 0 atom stereocenters. The summed E-state index contributed by atoms with van der Waals surface area (Å²) in [5.74, 6) is -0.535. The van der Waals surface area contributed by atoms with E-state index in [1.165, 1.54) is 6.07 Å². The van der Waals surface area contributed by atoms with Crippen LogP contribution in [0.25, 0.3) is 10.8 Å². The van der Waals surface area contributed by atoms with E-state index in [1.807, 2.05) is 12.1 Å². The summed E-state index contributed by atoms with van der Waals surface area (Å²) in [6.45, 7) is 0. The predicted molar refractivity (Wildman–Crippen MR) is 87.7 cm³/mol. The summed E-state index contributed by atoms with van der Waals surface area (Å²) in [4.78, 5) is 31.3. The quantitative estimate of drug-likeness (QED) is 0.759. The number of benzene rings is 3. The number of phenols is 1. The van der Waals surface area contributed by atoms with Crippen LogP contribution in [-0.2, 0) is 0 Å². The second-order valence-corrected chi connectivity index (χ2v) is 5.34. The zero-order valence-electron chi connectivity index (χ0n) is 12.4. The van der Waals surface area contributed by atoms with E-state index in [4.69, 9.17) is 0 Å². The molecule has 0 unspecified atom stereocenters. The van der Waals surface area contributed by atoms with Gasteiger partial charge in [-0.2, -0.15) is 9.98 Å². The Morgan fingerprint density at radius 3 is 2.62 bits per heavy atom. The average molecular weight is 317 g/mol. The van der Waals surface area contributed by atoms with Crippen LogP contribution < -0.4 is 16.0 Å². The second kappa shape index (κ2) is 5.27. The molecular formula is C18H11N3O3. The lowest BCUT2D eigenvalue weighted by molar-refractivity contribution is 0.102. The molecule has 3 amide bonds. The monoisotopic (exact) mass is 317 g/mol. The fourth-order valence-corrected chi connectivity index (χ4v) is 2.71. The van der Waals surface area contributed by atoms with Crippen LogP contribution in [0.4, 0.5) is 10.5 Å². The fourth-order valence-electron chi connectivity index (χ4n) is 2.71. The molecule has 6 heteroatoms. The molecule has 0 spiro atoms. The SMILES string of the molecule is O=C1N=c2ccc(NC(=O)c3c(O)ccc4ccccc34)cc2=N1. The van der Waals surface area contributed by atoms with Crippen LogP contribution in [0.2, 0.25) is 0 Å². The standard InChI is InChI=1S/C18H11N3O3/c22-15-8-5-10-3-1-2-4-12(10)16(15)17(23)19-11-6-7-13-14(9-11)21-18(24)20-13/h1-9,22H,(H,19,23). The number of carbonyl (C=O) groups is 2. The van der Waals surface area contributed by atoms with Gasteiger partial charge in [0.05, 0.1) is 16.3 Å². The van der Waals surface area contributed by atoms with E-state index in [9.17, 15) is 14.7 Å². The molecule has 0 aromatic heterocycles. The third kappa shape index (κ3) is 2.30. The number of hydrogen-bond acceptors (Lipinski definition) is 3. The Kier molecular flexibility index (Phi) is 3.09. The number of carbonyl (C=O) groups excluding carboxylic acids is 2. The Morgan fingerprint density at radius 2 is 1.75 bits per heavy atom. The lowest BCUT2D eigenvalue weighted by atomic mass is 10.0. The maximum atomic E-state index is 12.6. The van der Waals surface area contributed by atoms with Crippen molar-refractivity contribution in [3.8, 4) is 5.75 Å². The first-order valence-electron chi connectivity index (χ1n) is 7.25. The molecule has 116 valence electrons. The van der Waals surface area contributed by atoms with Gasteiger partial charge in [-0.05, 0) is 35.0 Å². The Balaban J connectivity index is 1.75. The average Bonchev–Trinajstić information content (AvgIpc) is 2.94. The van der Waals surface area contributed by atoms with Crippen molar-refractivity contribution in [2.45, 2.75) is 0 Å². The highest BCUT2D eigenvalue weighted by Gasteiger charge is 2.16. The first-order chi connectivity index (χ1) is 11.6. The molecule has 1 aliphatic heterocycles. The summed E-state index contributed by atoms with van der Waals surface area (Å²) in [5, 5.41) is 15.2. The van der Waals surface area contributed by atoms with E-state index in [-0.39, 0.29) is 11.3 Å². The molecular weight excluding hydrogens is 306 g/mol. The van der Waals surface area contributed by atoms with Crippen molar-refractivity contribution >= 4 is 28.4 Å². The maximum Gasteiger partial charge on any atom is 0.368 e. The number of nitrogens with zero attached hydrogens (tertiary/aromatic N) is 2. The highest BCUT2D eigenvalue weighted by molar-refractivity contribution is 6.14. The zero-order valence-corrected chi connectivity index (χ0v) is 12.4. The molecule has 0 radical (unpaired) electrons. The van der Waals surface area contributed by atoms with Gasteiger partial charge in [0.1, 0.15) is 5.75 Å². The molecule has 1 aliphatic rings. The van der Waals surface area contributed by atoms with E-state index in [0.29, 0.717) is 21.8 Å². The first-order valence-corrected chi connectivity index (χ1v) is 7.25. The van der Waals surface area contributed by atoms with Crippen LogP contribution in [0.3, 0.4) is 0 Å². The lowest BCUT2D eigenvalue weighted by Gasteiger charge is -2.10. The smallest absolute Gasteiger partial charge is 0.368 e. The van der Waals surface area contributed by atoms with Crippen molar-refractivity contribution in [1.82, 2.24) is 0 Å². The van der Waals surface area contributed by atoms with Crippen molar-refractivity contribution in [2.75, 3.05) is 5.32 Å².